The van der Waals surface area contributed by atoms with Gasteiger partial charge in [0.05, 0.1) is 30.6 Å². The summed E-state index contributed by atoms with van der Waals surface area (Å²) in [6.45, 7) is 3.83. The van der Waals surface area contributed by atoms with Gasteiger partial charge in [-0.1, -0.05) is 0 Å². The number of hydrogen-bond donors (Lipinski definition) is 2. The van der Waals surface area contributed by atoms with Crippen molar-refractivity contribution >= 4 is 17.2 Å². The zero-order valence-electron chi connectivity index (χ0n) is 11.2. The number of thiazole rings is 1. The lowest BCUT2D eigenvalue weighted by atomic mass is 10.0. The fraction of sp³-hybridized carbons (Fsp3) is 0.462. The molecule has 0 radical (unpaired) electrons. The molecule has 1 fully saturated rings. The molecule has 1 unspecified atom stereocenters. The molecule has 3 heterocycles. The van der Waals surface area contributed by atoms with Crippen molar-refractivity contribution in [1.29, 1.82) is 0 Å². The zero-order chi connectivity index (χ0) is 13.9. The summed E-state index contributed by atoms with van der Waals surface area (Å²) < 4.78 is 5.36. The lowest BCUT2D eigenvalue weighted by Crippen LogP contribution is -2.24. The third-order valence-corrected chi connectivity index (χ3v) is 4.23. The van der Waals surface area contributed by atoms with Crippen molar-refractivity contribution < 1.29 is 9.53 Å². The van der Waals surface area contributed by atoms with E-state index in [-0.39, 0.29) is 11.8 Å². The lowest BCUT2D eigenvalue weighted by Gasteiger charge is -2.08. The maximum Gasteiger partial charge on any atom is 0.255 e. The summed E-state index contributed by atoms with van der Waals surface area (Å²) in [7, 11) is 0. The van der Waals surface area contributed by atoms with E-state index in [0.717, 1.165) is 28.6 Å². The minimum absolute atomic E-state index is 0.117. The first-order valence-corrected chi connectivity index (χ1v) is 7.36. The Morgan fingerprint density at radius 1 is 1.60 bits per heavy atom. The highest BCUT2D eigenvalue weighted by atomic mass is 32.1. The third kappa shape index (κ3) is 2.73. The van der Waals surface area contributed by atoms with Crippen molar-refractivity contribution in [3.8, 4) is 0 Å². The van der Waals surface area contributed by atoms with Gasteiger partial charge in [0.1, 0.15) is 5.01 Å². The van der Waals surface area contributed by atoms with Crippen LogP contribution in [0.25, 0.3) is 0 Å². The van der Waals surface area contributed by atoms with Crippen molar-refractivity contribution in [2.24, 2.45) is 0 Å². The number of aromatic nitrogens is 3. The summed E-state index contributed by atoms with van der Waals surface area (Å²) >= 11 is 1.59. The number of nitrogens with zero attached hydrogens (tertiary/aromatic N) is 2. The van der Waals surface area contributed by atoms with Crippen molar-refractivity contribution in [2.45, 2.75) is 25.8 Å². The van der Waals surface area contributed by atoms with Gasteiger partial charge in [0.2, 0.25) is 0 Å². The number of rotatable bonds is 4. The van der Waals surface area contributed by atoms with E-state index in [1.807, 2.05) is 13.1 Å². The Bertz CT molecular complexity index is 601. The molecule has 0 aliphatic carbocycles. The van der Waals surface area contributed by atoms with Crippen LogP contribution >= 0.6 is 11.3 Å². The fourth-order valence-corrected chi connectivity index (χ4v) is 3.01. The summed E-state index contributed by atoms with van der Waals surface area (Å²) in [6, 6.07) is 0. The van der Waals surface area contributed by atoms with Crippen LogP contribution < -0.4 is 5.32 Å². The number of H-pyrrole nitrogens is 1. The molecule has 2 N–H and O–H groups in total. The van der Waals surface area contributed by atoms with Gasteiger partial charge >= 0.3 is 0 Å². The van der Waals surface area contributed by atoms with Crippen LogP contribution in [0.5, 0.6) is 0 Å². The van der Waals surface area contributed by atoms with Gasteiger partial charge in [0, 0.05) is 23.6 Å². The highest BCUT2D eigenvalue weighted by Crippen LogP contribution is 2.26. The molecule has 1 aliphatic heterocycles. The molecular formula is C13H16N4O2S. The lowest BCUT2D eigenvalue weighted by molar-refractivity contribution is 0.0949. The summed E-state index contributed by atoms with van der Waals surface area (Å²) in [5, 5.41) is 10.7. The number of carbonyl (C=O) groups is 1. The van der Waals surface area contributed by atoms with E-state index >= 15 is 0 Å². The SMILES string of the molecule is Cc1cnc(CNC(=O)c2cn[nH]c2C2CCOC2)s1. The Morgan fingerprint density at radius 3 is 3.20 bits per heavy atom. The summed E-state index contributed by atoms with van der Waals surface area (Å²) in [5.41, 5.74) is 1.48. The molecule has 1 atom stereocenters. The van der Waals surface area contributed by atoms with Gasteiger partial charge in [-0.25, -0.2) is 4.98 Å². The van der Waals surface area contributed by atoms with Crippen molar-refractivity contribution in [3.05, 3.63) is 33.5 Å². The maximum atomic E-state index is 12.2. The van der Waals surface area contributed by atoms with Gasteiger partial charge in [0.25, 0.3) is 5.91 Å². The number of aryl methyl sites for hydroxylation is 1. The van der Waals surface area contributed by atoms with Gasteiger partial charge in [-0.15, -0.1) is 11.3 Å². The molecule has 2 aromatic heterocycles. The van der Waals surface area contributed by atoms with Crippen LogP contribution in [0.1, 0.15) is 38.3 Å². The predicted octanol–water partition coefficient (Wildman–Crippen LogP) is 1.61. The average molecular weight is 292 g/mol. The first kappa shape index (κ1) is 13.3. The van der Waals surface area contributed by atoms with E-state index in [1.165, 1.54) is 0 Å². The van der Waals surface area contributed by atoms with Gasteiger partial charge in [-0.2, -0.15) is 5.10 Å². The highest BCUT2D eigenvalue weighted by molar-refractivity contribution is 7.11. The molecule has 2 aromatic rings. The van der Waals surface area contributed by atoms with Gasteiger partial charge in [0.15, 0.2) is 0 Å². The van der Waals surface area contributed by atoms with Crippen molar-refractivity contribution in [1.82, 2.24) is 20.5 Å². The van der Waals surface area contributed by atoms with Crippen LogP contribution in [0.3, 0.4) is 0 Å². The Labute approximate surface area is 120 Å². The highest BCUT2D eigenvalue weighted by Gasteiger charge is 2.25. The number of amides is 1. The smallest absolute Gasteiger partial charge is 0.255 e. The van der Waals surface area contributed by atoms with E-state index < -0.39 is 0 Å². The number of ether oxygens (including phenoxy) is 1. The van der Waals surface area contributed by atoms with Crippen LogP contribution in [0.2, 0.25) is 0 Å². The molecule has 20 heavy (non-hydrogen) atoms. The molecule has 1 amide bonds. The topological polar surface area (TPSA) is 79.9 Å². The second kappa shape index (κ2) is 5.72. The van der Waals surface area contributed by atoms with Crippen LogP contribution in [-0.2, 0) is 11.3 Å². The minimum Gasteiger partial charge on any atom is -0.381 e. The van der Waals surface area contributed by atoms with E-state index in [9.17, 15) is 4.79 Å². The Balaban J connectivity index is 1.66. The van der Waals surface area contributed by atoms with Crippen molar-refractivity contribution in [2.75, 3.05) is 13.2 Å². The van der Waals surface area contributed by atoms with Gasteiger partial charge in [-0.3, -0.25) is 9.89 Å². The molecule has 0 saturated carbocycles. The first-order valence-electron chi connectivity index (χ1n) is 6.54. The van der Waals surface area contributed by atoms with E-state index in [1.54, 1.807) is 17.5 Å². The molecule has 1 aliphatic rings. The summed E-state index contributed by atoms with van der Waals surface area (Å²) in [6.07, 6.45) is 4.32. The van der Waals surface area contributed by atoms with Crippen molar-refractivity contribution in [3.63, 3.8) is 0 Å². The Hall–Kier alpha value is -1.73. The average Bonchev–Trinajstić information content (AvgIpc) is 3.16. The summed E-state index contributed by atoms with van der Waals surface area (Å²) in [5.74, 6) is 0.119. The number of nitrogens with one attached hydrogen (secondary N) is 2. The van der Waals surface area contributed by atoms with Gasteiger partial charge in [-0.05, 0) is 13.3 Å². The molecule has 3 rings (SSSR count). The Kier molecular flexibility index (Phi) is 3.79. The molecular weight excluding hydrogens is 276 g/mol. The first-order chi connectivity index (χ1) is 9.74. The number of carbonyl (C=O) groups excluding carboxylic acids is 1. The van der Waals surface area contributed by atoms with Crippen LogP contribution in [0, 0.1) is 6.92 Å². The van der Waals surface area contributed by atoms with E-state index in [2.05, 4.69) is 20.5 Å². The zero-order valence-corrected chi connectivity index (χ0v) is 12.0. The summed E-state index contributed by atoms with van der Waals surface area (Å²) in [4.78, 5) is 17.6. The molecule has 1 saturated heterocycles. The molecule has 106 valence electrons. The molecule has 6 nitrogen and oxygen atoms in total. The molecule has 7 heteroatoms. The monoisotopic (exact) mass is 292 g/mol. The van der Waals surface area contributed by atoms with Gasteiger partial charge < -0.3 is 10.1 Å². The van der Waals surface area contributed by atoms with E-state index in [4.69, 9.17) is 4.74 Å². The third-order valence-electron chi connectivity index (χ3n) is 3.32. The quantitative estimate of drug-likeness (QED) is 0.897. The minimum atomic E-state index is -0.117. The largest absolute Gasteiger partial charge is 0.381 e. The Morgan fingerprint density at radius 2 is 2.50 bits per heavy atom. The maximum absolute atomic E-state index is 12.2. The molecule has 0 spiro atoms. The van der Waals surface area contributed by atoms with Crippen LogP contribution in [0.15, 0.2) is 12.4 Å². The fourth-order valence-electron chi connectivity index (χ4n) is 2.28. The number of aromatic amines is 1. The standard InChI is InChI=1S/C13H16N4O2S/c1-8-4-14-11(20-8)6-15-13(18)10-5-16-17-12(10)9-2-3-19-7-9/h4-5,9H,2-3,6-7H2,1H3,(H,15,18)(H,16,17). The van der Waals surface area contributed by atoms with E-state index in [0.29, 0.717) is 18.7 Å². The second-order valence-corrected chi connectivity index (χ2v) is 6.12. The normalized spacial score (nSPS) is 18.4. The van der Waals surface area contributed by atoms with Crippen LogP contribution in [0.4, 0.5) is 0 Å². The predicted molar refractivity (Wildman–Crippen MR) is 74.8 cm³/mol. The second-order valence-electron chi connectivity index (χ2n) is 4.81. The molecule has 0 aromatic carbocycles. The molecule has 0 bridgehead atoms. The number of hydrogen-bond acceptors (Lipinski definition) is 5. The van der Waals surface area contributed by atoms with Crippen LogP contribution in [-0.4, -0.2) is 34.3 Å².